The molecule has 5 rings (SSSR count). The number of aromatic nitrogens is 5. The molecular formula is C22H20ClN5O. The number of para-hydroxylation sites is 1. The van der Waals surface area contributed by atoms with Gasteiger partial charge < -0.3 is 4.57 Å². The van der Waals surface area contributed by atoms with Crippen molar-refractivity contribution in [3.05, 3.63) is 76.2 Å². The van der Waals surface area contributed by atoms with E-state index in [1.54, 1.807) is 24.3 Å². The highest BCUT2D eigenvalue weighted by atomic mass is 35.5. The molecule has 146 valence electrons. The first-order chi connectivity index (χ1) is 14.2. The molecule has 2 aromatic heterocycles. The predicted octanol–water partition coefficient (Wildman–Crippen LogP) is 4.09. The van der Waals surface area contributed by atoms with Gasteiger partial charge in [0.2, 0.25) is 0 Å². The number of halogens is 1. The molecule has 29 heavy (non-hydrogen) atoms. The number of hydrogen-bond donors (Lipinski definition) is 0. The number of tetrazole rings is 1. The largest absolute Gasteiger partial charge is 0.344 e. The summed E-state index contributed by atoms with van der Waals surface area (Å²) < 4.78 is 3.68. The van der Waals surface area contributed by atoms with Crippen LogP contribution in [0.25, 0.3) is 10.9 Å². The van der Waals surface area contributed by atoms with Gasteiger partial charge in [0.05, 0.1) is 0 Å². The molecule has 0 unspecified atom stereocenters. The third-order valence-corrected chi connectivity index (χ3v) is 5.91. The highest BCUT2D eigenvalue weighted by Crippen LogP contribution is 2.32. The topological polar surface area (TPSA) is 65.6 Å². The molecule has 0 fully saturated rings. The van der Waals surface area contributed by atoms with Crippen LogP contribution in [0.1, 0.15) is 40.3 Å². The van der Waals surface area contributed by atoms with E-state index in [0.717, 1.165) is 19.4 Å². The van der Waals surface area contributed by atoms with Crippen molar-refractivity contribution in [1.29, 1.82) is 0 Å². The zero-order valence-corrected chi connectivity index (χ0v) is 16.6. The highest BCUT2D eigenvalue weighted by molar-refractivity contribution is 6.30. The van der Waals surface area contributed by atoms with Crippen molar-refractivity contribution < 1.29 is 4.79 Å². The number of rotatable bonds is 4. The molecule has 1 aliphatic carbocycles. The van der Waals surface area contributed by atoms with Gasteiger partial charge in [-0.2, -0.15) is 4.68 Å². The van der Waals surface area contributed by atoms with Gasteiger partial charge in [-0.25, -0.2) is 0 Å². The number of fused-ring (bicyclic) bond motifs is 3. The monoisotopic (exact) mass is 405 g/mol. The van der Waals surface area contributed by atoms with Gasteiger partial charge in [-0.3, -0.25) is 4.79 Å². The Hall–Kier alpha value is -2.99. The third kappa shape index (κ3) is 3.23. The van der Waals surface area contributed by atoms with Crippen LogP contribution in [0.4, 0.5) is 0 Å². The van der Waals surface area contributed by atoms with E-state index in [0.29, 0.717) is 22.8 Å². The summed E-state index contributed by atoms with van der Waals surface area (Å²) in [6.07, 6.45) is 5.27. The first kappa shape index (κ1) is 18.1. The number of hydrogen-bond acceptors (Lipinski definition) is 4. The molecule has 0 spiro atoms. The summed E-state index contributed by atoms with van der Waals surface area (Å²) in [4.78, 5) is 12.8. The lowest BCUT2D eigenvalue weighted by Gasteiger charge is -2.16. The van der Waals surface area contributed by atoms with E-state index < -0.39 is 0 Å². The van der Waals surface area contributed by atoms with Gasteiger partial charge in [0.25, 0.3) is 5.91 Å². The molecule has 0 atom stereocenters. The summed E-state index contributed by atoms with van der Waals surface area (Å²) in [6, 6.07) is 15.3. The molecule has 0 bridgehead atoms. The molecule has 0 saturated heterocycles. The zero-order chi connectivity index (χ0) is 19.8. The fraction of sp³-hybridized carbons (Fsp3) is 0.273. The molecule has 7 heteroatoms. The summed E-state index contributed by atoms with van der Waals surface area (Å²) >= 11 is 5.92. The van der Waals surface area contributed by atoms with E-state index in [1.165, 1.54) is 39.7 Å². The zero-order valence-electron chi connectivity index (χ0n) is 15.9. The average molecular weight is 406 g/mol. The first-order valence-electron chi connectivity index (χ1n) is 9.89. The summed E-state index contributed by atoms with van der Waals surface area (Å²) in [5, 5.41) is 13.7. The molecular weight excluding hydrogens is 386 g/mol. The second kappa shape index (κ2) is 7.44. The van der Waals surface area contributed by atoms with Crippen LogP contribution >= 0.6 is 11.6 Å². The second-order valence-corrected chi connectivity index (χ2v) is 7.81. The second-order valence-electron chi connectivity index (χ2n) is 7.37. The van der Waals surface area contributed by atoms with Crippen LogP contribution in [0.5, 0.6) is 0 Å². The lowest BCUT2D eigenvalue weighted by molar-refractivity contribution is 0.0939. The maximum absolute atomic E-state index is 12.8. The minimum Gasteiger partial charge on any atom is -0.344 e. The van der Waals surface area contributed by atoms with Crippen LogP contribution in [0.2, 0.25) is 5.02 Å². The van der Waals surface area contributed by atoms with Crippen LogP contribution in [-0.4, -0.2) is 30.7 Å². The molecule has 0 N–H and O–H groups in total. The van der Waals surface area contributed by atoms with E-state index in [-0.39, 0.29) is 5.91 Å². The fourth-order valence-corrected chi connectivity index (χ4v) is 4.41. The fourth-order valence-electron chi connectivity index (χ4n) is 4.29. The maximum Gasteiger partial charge on any atom is 0.281 e. The van der Waals surface area contributed by atoms with E-state index in [9.17, 15) is 4.79 Å². The van der Waals surface area contributed by atoms with Crippen molar-refractivity contribution in [3.8, 4) is 0 Å². The summed E-state index contributed by atoms with van der Waals surface area (Å²) in [5.74, 6) is 0.313. The minimum atomic E-state index is -0.249. The quantitative estimate of drug-likeness (QED) is 0.479. The Morgan fingerprint density at radius 2 is 1.83 bits per heavy atom. The van der Waals surface area contributed by atoms with Crippen molar-refractivity contribution in [2.24, 2.45) is 0 Å². The smallest absolute Gasteiger partial charge is 0.281 e. The number of aryl methyl sites for hydroxylation is 3. The molecule has 2 aromatic carbocycles. The van der Waals surface area contributed by atoms with Gasteiger partial charge in [-0.15, -0.1) is 5.10 Å². The van der Waals surface area contributed by atoms with E-state index >= 15 is 0 Å². The molecule has 0 amide bonds. The molecule has 6 nitrogen and oxygen atoms in total. The van der Waals surface area contributed by atoms with Crippen molar-refractivity contribution in [2.45, 2.75) is 38.6 Å². The van der Waals surface area contributed by atoms with E-state index in [1.807, 2.05) is 0 Å². The van der Waals surface area contributed by atoms with Gasteiger partial charge in [-0.1, -0.05) is 29.8 Å². The lowest BCUT2D eigenvalue weighted by atomic mass is 9.95. The Kier molecular flexibility index (Phi) is 4.64. The minimum absolute atomic E-state index is 0.249. The van der Waals surface area contributed by atoms with Gasteiger partial charge in [0.1, 0.15) is 0 Å². The third-order valence-electron chi connectivity index (χ3n) is 5.66. The van der Waals surface area contributed by atoms with Crippen molar-refractivity contribution >= 4 is 28.4 Å². The van der Waals surface area contributed by atoms with Gasteiger partial charge in [0, 0.05) is 40.1 Å². The van der Waals surface area contributed by atoms with Gasteiger partial charge in [0.15, 0.2) is 5.82 Å². The highest BCUT2D eigenvalue weighted by Gasteiger charge is 2.21. The van der Waals surface area contributed by atoms with Crippen LogP contribution in [0, 0.1) is 0 Å². The summed E-state index contributed by atoms with van der Waals surface area (Å²) in [7, 11) is 0. The standard InChI is InChI=1S/C22H20ClN5O/c23-16-11-9-15(10-12-16)22(29)28-21(24-25-26-28)13-14-27-19-7-3-1-5-17(19)18-6-2-4-8-20(18)27/h1,3,5,7,9-12H,2,4,6,8,13-14H2. The SMILES string of the molecule is O=C(c1ccc(Cl)cc1)n1nnnc1CCn1c2c(c3ccccc31)CCCC2. The number of carbonyl (C=O) groups excluding carboxylic acids is 1. The number of nitrogens with zero attached hydrogens (tertiary/aromatic N) is 5. The van der Waals surface area contributed by atoms with Crippen molar-refractivity contribution in [2.75, 3.05) is 0 Å². The normalized spacial score (nSPS) is 13.6. The van der Waals surface area contributed by atoms with Crippen LogP contribution in [0.3, 0.4) is 0 Å². The Bertz CT molecular complexity index is 1190. The number of carbonyl (C=O) groups is 1. The van der Waals surface area contributed by atoms with Gasteiger partial charge in [-0.05, 0) is 72.0 Å². The molecule has 2 heterocycles. The molecule has 1 aliphatic rings. The predicted molar refractivity (Wildman–Crippen MR) is 111 cm³/mol. The first-order valence-corrected chi connectivity index (χ1v) is 10.3. The maximum atomic E-state index is 12.8. The molecule has 0 aliphatic heterocycles. The Morgan fingerprint density at radius 1 is 1.03 bits per heavy atom. The van der Waals surface area contributed by atoms with Gasteiger partial charge >= 0.3 is 0 Å². The molecule has 0 saturated carbocycles. The summed E-state index contributed by atoms with van der Waals surface area (Å²) in [5.41, 5.74) is 4.65. The van der Waals surface area contributed by atoms with Crippen LogP contribution in [-0.2, 0) is 25.8 Å². The lowest BCUT2D eigenvalue weighted by Crippen LogP contribution is -2.19. The van der Waals surface area contributed by atoms with E-state index in [4.69, 9.17) is 11.6 Å². The van der Waals surface area contributed by atoms with Crippen molar-refractivity contribution in [1.82, 2.24) is 24.8 Å². The Morgan fingerprint density at radius 3 is 2.69 bits per heavy atom. The number of benzene rings is 2. The Labute approximate surface area is 173 Å². The van der Waals surface area contributed by atoms with Crippen LogP contribution < -0.4 is 0 Å². The molecule has 4 aromatic rings. The summed E-state index contributed by atoms with van der Waals surface area (Å²) in [6.45, 7) is 0.740. The van der Waals surface area contributed by atoms with Crippen molar-refractivity contribution in [3.63, 3.8) is 0 Å². The van der Waals surface area contributed by atoms with E-state index in [2.05, 4.69) is 44.4 Å². The Balaban J connectivity index is 1.44. The molecule has 0 radical (unpaired) electrons. The van der Waals surface area contributed by atoms with Crippen LogP contribution in [0.15, 0.2) is 48.5 Å². The average Bonchev–Trinajstić information content (AvgIpc) is 3.35.